The largest absolute Gasteiger partial charge is 0.446 e. The van der Waals surface area contributed by atoms with Crippen LogP contribution in [0, 0.1) is 0 Å². The van der Waals surface area contributed by atoms with E-state index in [1.165, 1.54) is 17.4 Å². The molecule has 0 spiro atoms. The van der Waals surface area contributed by atoms with Crippen LogP contribution in [0.15, 0.2) is 38.5 Å². The van der Waals surface area contributed by atoms with Gasteiger partial charge in [0.15, 0.2) is 0 Å². The number of sulfonamides is 1. The van der Waals surface area contributed by atoms with Crippen molar-refractivity contribution in [2.24, 2.45) is 0 Å². The van der Waals surface area contributed by atoms with E-state index in [9.17, 15) is 8.42 Å². The first-order chi connectivity index (χ1) is 9.12. The molecule has 0 amide bonds. The zero-order chi connectivity index (χ0) is 13.7. The average molecular weight is 300 g/mol. The van der Waals surface area contributed by atoms with Crippen LogP contribution in [0.2, 0.25) is 0 Å². The molecule has 0 bridgehead atoms. The molecule has 0 fully saturated rings. The zero-order valence-corrected chi connectivity index (χ0v) is 12.2. The summed E-state index contributed by atoms with van der Waals surface area (Å²) in [6.45, 7) is 3.47. The summed E-state index contributed by atoms with van der Waals surface area (Å²) in [7, 11) is -3.63. The molecule has 0 aliphatic rings. The number of nitrogens with one attached hydrogen (secondary N) is 2. The van der Waals surface area contributed by atoms with Crippen molar-refractivity contribution in [2.45, 2.75) is 25.0 Å². The van der Waals surface area contributed by atoms with Crippen molar-refractivity contribution in [3.8, 4) is 0 Å². The lowest BCUT2D eigenvalue weighted by Gasteiger charge is -2.03. The van der Waals surface area contributed by atoms with Gasteiger partial charge in [-0.2, -0.15) is 19.8 Å². The maximum absolute atomic E-state index is 12.0. The third-order valence-corrected chi connectivity index (χ3v) is 4.34. The standard InChI is InChI=1S/C12H16N2O3S2/c1-2-6-13-8-11-3-4-12(17-11)19(15,16)14-10-5-7-18-9-10/h3-5,7,9,13-14H,2,6,8H2,1H3. The fourth-order valence-corrected chi connectivity index (χ4v) is 3.18. The zero-order valence-electron chi connectivity index (χ0n) is 10.5. The minimum absolute atomic E-state index is 0.0630. The van der Waals surface area contributed by atoms with Gasteiger partial charge in [0.05, 0.1) is 12.2 Å². The molecule has 2 rings (SSSR count). The van der Waals surface area contributed by atoms with Crippen LogP contribution < -0.4 is 10.0 Å². The van der Waals surface area contributed by atoms with Crippen LogP contribution in [-0.2, 0) is 16.6 Å². The summed E-state index contributed by atoms with van der Waals surface area (Å²) in [5, 5.41) is 6.62. The first-order valence-electron chi connectivity index (χ1n) is 5.96. The summed E-state index contributed by atoms with van der Waals surface area (Å²) in [6, 6.07) is 4.84. The molecule has 104 valence electrons. The van der Waals surface area contributed by atoms with E-state index in [-0.39, 0.29) is 5.09 Å². The molecule has 0 aliphatic carbocycles. The van der Waals surface area contributed by atoms with Gasteiger partial charge in [-0.25, -0.2) is 0 Å². The number of hydrogen-bond donors (Lipinski definition) is 2. The molecule has 0 unspecified atom stereocenters. The maximum atomic E-state index is 12.0. The number of anilines is 1. The lowest BCUT2D eigenvalue weighted by Crippen LogP contribution is -2.13. The summed E-state index contributed by atoms with van der Waals surface area (Å²) in [5.74, 6) is 0.610. The lowest BCUT2D eigenvalue weighted by atomic mass is 10.4. The van der Waals surface area contributed by atoms with Crippen molar-refractivity contribution < 1.29 is 12.8 Å². The Morgan fingerprint density at radius 1 is 1.32 bits per heavy atom. The van der Waals surface area contributed by atoms with Crippen LogP contribution >= 0.6 is 11.3 Å². The van der Waals surface area contributed by atoms with E-state index in [0.717, 1.165) is 13.0 Å². The number of thiophene rings is 1. The van der Waals surface area contributed by atoms with E-state index < -0.39 is 10.0 Å². The second kappa shape index (κ2) is 6.23. The fraction of sp³-hybridized carbons (Fsp3) is 0.333. The Balaban J connectivity index is 2.04. The average Bonchev–Trinajstić information content (AvgIpc) is 3.00. The van der Waals surface area contributed by atoms with E-state index in [2.05, 4.69) is 17.0 Å². The smallest absolute Gasteiger partial charge is 0.295 e. The van der Waals surface area contributed by atoms with Gasteiger partial charge < -0.3 is 9.73 Å². The maximum Gasteiger partial charge on any atom is 0.295 e. The van der Waals surface area contributed by atoms with Gasteiger partial charge in [-0.05, 0) is 36.5 Å². The molecular formula is C12H16N2O3S2. The minimum Gasteiger partial charge on any atom is -0.446 e. The van der Waals surface area contributed by atoms with E-state index in [1.54, 1.807) is 22.9 Å². The number of rotatable bonds is 7. The number of hydrogen-bond acceptors (Lipinski definition) is 5. The first kappa shape index (κ1) is 14.1. The van der Waals surface area contributed by atoms with Crippen LogP contribution in [0.5, 0.6) is 0 Å². The highest BCUT2D eigenvalue weighted by Crippen LogP contribution is 2.20. The third kappa shape index (κ3) is 3.82. The van der Waals surface area contributed by atoms with Gasteiger partial charge in [-0.3, -0.25) is 4.72 Å². The molecule has 0 saturated carbocycles. The SMILES string of the molecule is CCCNCc1ccc(S(=O)(=O)Nc2ccsc2)o1. The molecule has 0 aliphatic heterocycles. The molecule has 5 nitrogen and oxygen atoms in total. The van der Waals surface area contributed by atoms with Gasteiger partial charge in [0.1, 0.15) is 5.76 Å². The van der Waals surface area contributed by atoms with Gasteiger partial charge in [-0.1, -0.05) is 6.92 Å². The molecule has 7 heteroatoms. The summed E-state index contributed by atoms with van der Waals surface area (Å²) in [5.41, 5.74) is 0.548. The molecule has 2 aromatic rings. The van der Waals surface area contributed by atoms with Crippen LogP contribution in [0.3, 0.4) is 0 Å². The van der Waals surface area contributed by atoms with Crippen LogP contribution in [-0.4, -0.2) is 15.0 Å². The molecular weight excluding hydrogens is 284 g/mol. The Labute approximate surface area is 116 Å². The summed E-state index contributed by atoms with van der Waals surface area (Å²) in [6.07, 6.45) is 1.02. The monoisotopic (exact) mass is 300 g/mol. The van der Waals surface area contributed by atoms with Crippen molar-refractivity contribution in [1.82, 2.24) is 5.32 Å². The molecule has 2 heterocycles. The third-order valence-electron chi connectivity index (χ3n) is 2.40. The second-order valence-corrected chi connectivity index (χ2v) is 6.41. The molecule has 0 saturated heterocycles. The van der Waals surface area contributed by atoms with Crippen molar-refractivity contribution in [1.29, 1.82) is 0 Å². The second-order valence-electron chi connectivity index (χ2n) is 4.02. The normalized spacial score (nSPS) is 11.6. The number of furan rings is 1. The van der Waals surface area contributed by atoms with Crippen LogP contribution in [0.25, 0.3) is 0 Å². The van der Waals surface area contributed by atoms with Gasteiger partial charge >= 0.3 is 0 Å². The highest BCUT2D eigenvalue weighted by molar-refractivity contribution is 7.92. The topological polar surface area (TPSA) is 71.3 Å². The first-order valence-corrected chi connectivity index (χ1v) is 8.39. The lowest BCUT2D eigenvalue weighted by molar-refractivity contribution is 0.403. The Morgan fingerprint density at radius 2 is 2.16 bits per heavy atom. The Bertz CT molecular complexity index is 603. The summed E-state index contributed by atoms with van der Waals surface area (Å²) < 4.78 is 31.8. The Kier molecular flexibility index (Phi) is 4.62. The van der Waals surface area contributed by atoms with Gasteiger partial charge in [-0.15, -0.1) is 0 Å². The van der Waals surface area contributed by atoms with Crippen molar-refractivity contribution in [3.63, 3.8) is 0 Å². The van der Waals surface area contributed by atoms with E-state index in [4.69, 9.17) is 4.42 Å². The molecule has 0 radical (unpaired) electrons. The van der Waals surface area contributed by atoms with Crippen molar-refractivity contribution in [3.05, 3.63) is 34.7 Å². The molecule has 0 aromatic carbocycles. The Morgan fingerprint density at radius 3 is 2.84 bits per heavy atom. The van der Waals surface area contributed by atoms with E-state index >= 15 is 0 Å². The fourth-order valence-electron chi connectivity index (χ4n) is 1.51. The molecule has 2 N–H and O–H groups in total. The predicted octanol–water partition coefficient (Wildman–Crippen LogP) is 2.64. The Hall–Kier alpha value is -1.31. The van der Waals surface area contributed by atoms with Gasteiger partial charge in [0, 0.05) is 5.38 Å². The summed E-state index contributed by atoms with van der Waals surface area (Å²) >= 11 is 1.43. The van der Waals surface area contributed by atoms with Crippen molar-refractivity contribution >= 4 is 27.0 Å². The van der Waals surface area contributed by atoms with Gasteiger partial charge in [0.2, 0.25) is 5.09 Å². The highest BCUT2D eigenvalue weighted by atomic mass is 32.2. The molecule has 19 heavy (non-hydrogen) atoms. The quantitative estimate of drug-likeness (QED) is 0.771. The van der Waals surface area contributed by atoms with Crippen LogP contribution in [0.1, 0.15) is 19.1 Å². The molecule has 0 atom stereocenters. The molecule has 2 aromatic heterocycles. The summed E-state index contributed by atoms with van der Waals surface area (Å²) in [4.78, 5) is 0. The van der Waals surface area contributed by atoms with Gasteiger partial charge in [0.25, 0.3) is 10.0 Å². The van der Waals surface area contributed by atoms with Crippen LogP contribution in [0.4, 0.5) is 5.69 Å². The minimum atomic E-state index is -3.63. The highest BCUT2D eigenvalue weighted by Gasteiger charge is 2.18. The van der Waals surface area contributed by atoms with E-state index in [0.29, 0.717) is 18.0 Å². The van der Waals surface area contributed by atoms with Crippen molar-refractivity contribution in [2.75, 3.05) is 11.3 Å². The van der Waals surface area contributed by atoms with E-state index in [1.807, 2.05) is 0 Å². The predicted molar refractivity (Wildman–Crippen MR) is 75.8 cm³/mol.